The van der Waals surface area contributed by atoms with Crippen molar-refractivity contribution in [3.8, 4) is 5.69 Å². The average Bonchev–Trinajstić information content (AvgIpc) is 3.19. The van der Waals surface area contributed by atoms with E-state index in [1.54, 1.807) is 43.3 Å². The van der Waals surface area contributed by atoms with Crippen LogP contribution in [0.1, 0.15) is 17.4 Å². The molecule has 0 aliphatic heterocycles. The minimum absolute atomic E-state index is 0.0960. The fraction of sp³-hybridized carbons (Fsp3) is 0.150. The number of benzene rings is 2. The minimum Gasteiger partial charge on any atom is -0.328 e. The number of anilines is 1. The van der Waals surface area contributed by atoms with Gasteiger partial charge in [-0.1, -0.05) is 41.4 Å². The van der Waals surface area contributed by atoms with Crippen molar-refractivity contribution in [3.63, 3.8) is 0 Å². The van der Waals surface area contributed by atoms with Crippen molar-refractivity contribution in [1.82, 2.24) is 14.7 Å². The number of halogens is 3. The van der Waals surface area contributed by atoms with Crippen molar-refractivity contribution in [2.24, 2.45) is 0 Å². The summed E-state index contributed by atoms with van der Waals surface area (Å²) in [5.41, 5.74) is 0.604. The average molecular weight is 435 g/mol. The SMILES string of the molecule is CCN(CC(=O)Nc1c(Cl)cccc1Cl)C(=O)c1ccn(-c2ccccc2F)n1. The lowest BCUT2D eigenvalue weighted by Gasteiger charge is -2.19. The summed E-state index contributed by atoms with van der Waals surface area (Å²) in [6, 6.07) is 12.4. The van der Waals surface area contributed by atoms with Gasteiger partial charge in [-0.05, 0) is 37.3 Å². The fourth-order valence-corrected chi connectivity index (χ4v) is 3.16. The number of aromatic nitrogens is 2. The summed E-state index contributed by atoms with van der Waals surface area (Å²) in [4.78, 5) is 26.5. The van der Waals surface area contributed by atoms with Gasteiger partial charge >= 0.3 is 0 Å². The van der Waals surface area contributed by atoms with E-state index in [9.17, 15) is 14.0 Å². The highest BCUT2D eigenvalue weighted by Gasteiger charge is 2.21. The van der Waals surface area contributed by atoms with Gasteiger partial charge < -0.3 is 10.2 Å². The van der Waals surface area contributed by atoms with Gasteiger partial charge in [0.2, 0.25) is 5.91 Å². The van der Waals surface area contributed by atoms with Crippen LogP contribution in [0.5, 0.6) is 0 Å². The van der Waals surface area contributed by atoms with E-state index in [1.165, 1.54) is 27.9 Å². The predicted molar refractivity (Wildman–Crippen MR) is 110 cm³/mol. The molecule has 0 aliphatic rings. The van der Waals surface area contributed by atoms with E-state index in [4.69, 9.17) is 23.2 Å². The normalized spacial score (nSPS) is 10.6. The molecule has 0 bridgehead atoms. The lowest BCUT2D eigenvalue weighted by Crippen LogP contribution is -2.38. The molecule has 1 heterocycles. The first-order chi connectivity index (χ1) is 13.9. The van der Waals surface area contributed by atoms with Crippen LogP contribution in [0.2, 0.25) is 10.0 Å². The summed E-state index contributed by atoms with van der Waals surface area (Å²) in [6.45, 7) is 1.79. The molecule has 3 aromatic rings. The zero-order valence-electron chi connectivity index (χ0n) is 15.4. The first kappa shape index (κ1) is 20.8. The van der Waals surface area contributed by atoms with Crippen LogP contribution in [-0.4, -0.2) is 39.6 Å². The molecule has 0 atom stereocenters. The number of hydrogen-bond acceptors (Lipinski definition) is 3. The van der Waals surface area contributed by atoms with Crippen molar-refractivity contribution in [2.45, 2.75) is 6.92 Å². The maximum absolute atomic E-state index is 13.9. The monoisotopic (exact) mass is 434 g/mol. The zero-order chi connectivity index (χ0) is 21.0. The third-order valence-corrected chi connectivity index (χ3v) is 4.77. The highest BCUT2D eigenvalue weighted by Crippen LogP contribution is 2.29. The number of hydrogen-bond donors (Lipinski definition) is 1. The van der Waals surface area contributed by atoms with E-state index in [1.807, 2.05) is 0 Å². The summed E-state index contributed by atoms with van der Waals surface area (Å²) in [5, 5.41) is 7.35. The Balaban J connectivity index is 1.72. The van der Waals surface area contributed by atoms with Crippen LogP contribution >= 0.6 is 23.2 Å². The van der Waals surface area contributed by atoms with Crippen molar-refractivity contribution in [1.29, 1.82) is 0 Å². The molecule has 0 aliphatic carbocycles. The van der Waals surface area contributed by atoms with Crippen LogP contribution in [0.15, 0.2) is 54.7 Å². The van der Waals surface area contributed by atoms with Gasteiger partial charge in [-0.3, -0.25) is 9.59 Å². The third kappa shape index (κ3) is 4.75. The number of nitrogens with zero attached hydrogens (tertiary/aromatic N) is 3. The molecule has 0 unspecified atom stereocenters. The number of para-hydroxylation sites is 2. The van der Waals surface area contributed by atoms with E-state index >= 15 is 0 Å². The molecule has 0 saturated carbocycles. The quantitative estimate of drug-likeness (QED) is 0.624. The number of rotatable bonds is 6. The van der Waals surface area contributed by atoms with Gasteiger partial charge in [-0.2, -0.15) is 5.10 Å². The second-order valence-corrected chi connectivity index (χ2v) is 6.88. The molecule has 0 spiro atoms. The van der Waals surface area contributed by atoms with E-state index in [-0.39, 0.29) is 30.2 Å². The van der Waals surface area contributed by atoms with Crippen molar-refractivity contribution < 1.29 is 14.0 Å². The Morgan fingerprint density at radius 1 is 1.10 bits per heavy atom. The molecule has 1 N–H and O–H groups in total. The van der Waals surface area contributed by atoms with Crippen molar-refractivity contribution in [2.75, 3.05) is 18.4 Å². The summed E-state index contributed by atoms with van der Waals surface area (Å²) in [5.74, 6) is -1.37. The maximum Gasteiger partial charge on any atom is 0.274 e. The van der Waals surface area contributed by atoms with E-state index < -0.39 is 17.6 Å². The van der Waals surface area contributed by atoms with E-state index in [2.05, 4.69) is 10.4 Å². The van der Waals surface area contributed by atoms with Gasteiger partial charge in [-0.25, -0.2) is 9.07 Å². The Morgan fingerprint density at radius 2 is 1.79 bits per heavy atom. The number of carbonyl (C=O) groups excluding carboxylic acids is 2. The molecule has 29 heavy (non-hydrogen) atoms. The van der Waals surface area contributed by atoms with Crippen LogP contribution in [0.4, 0.5) is 10.1 Å². The standard InChI is InChI=1S/C20H17Cl2FN4O2/c1-2-26(12-18(28)24-19-13(21)6-5-7-14(19)22)20(29)16-10-11-27(25-16)17-9-4-3-8-15(17)23/h3-11H,2,12H2,1H3,(H,24,28). The van der Waals surface area contributed by atoms with Crippen LogP contribution in [0, 0.1) is 5.82 Å². The number of likely N-dealkylation sites (N-methyl/N-ethyl adjacent to an activating group) is 1. The first-order valence-electron chi connectivity index (χ1n) is 8.74. The largest absolute Gasteiger partial charge is 0.328 e. The van der Waals surface area contributed by atoms with Crippen LogP contribution in [0.3, 0.4) is 0 Å². The molecule has 9 heteroatoms. The highest BCUT2D eigenvalue weighted by atomic mass is 35.5. The smallest absolute Gasteiger partial charge is 0.274 e. The van der Waals surface area contributed by atoms with Crippen molar-refractivity contribution >= 4 is 40.7 Å². The molecule has 2 aromatic carbocycles. The second kappa shape index (κ2) is 9.07. The van der Waals surface area contributed by atoms with Crippen LogP contribution in [0.25, 0.3) is 5.69 Å². The Bertz CT molecular complexity index is 1030. The minimum atomic E-state index is -0.460. The van der Waals surface area contributed by atoms with E-state index in [0.717, 1.165) is 0 Å². The van der Waals surface area contributed by atoms with Crippen molar-refractivity contribution in [3.05, 3.63) is 76.3 Å². The van der Waals surface area contributed by atoms with Gasteiger partial charge in [0.1, 0.15) is 18.0 Å². The van der Waals surface area contributed by atoms with Gasteiger partial charge in [0.15, 0.2) is 5.69 Å². The molecule has 2 amide bonds. The summed E-state index contributed by atoms with van der Waals surface area (Å²) in [6.07, 6.45) is 1.49. The fourth-order valence-electron chi connectivity index (χ4n) is 2.67. The van der Waals surface area contributed by atoms with Gasteiger partial charge in [0.25, 0.3) is 5.91 Å². The molecule has 1 aromatic heterocycles. The highest BCUT2D eigenvalue weighted by molar-refractivity contribution is 6.39. The number of carbonyl (C=O) groups is 2. The Morgan fingerprint density at radius 3 is 2.45 bits per heavy atom. The summed E-state index contributed by atoms with van der Waals surface area (Å²) < 4.78 is 15.2. The topological polar surface area (TPSA) is 67.2 Å². The molecular formula is C20H17Cl2FN4O2. The zero-order valence-corrected chi connectivity index (χ0v) is 16.9. The molecular weight excluding hydrogens is 418 g/mol. The summed E-state index contributed by atoms with van der Waals surface area (Å²) in [7, 11) is 0. The lowest BCUT2D eigenvalue weighted by molar-refractivity contribution is -0.116. The molecule has 150 valence electrons. The number of nitrogens with one attached hydrogen (secondary N) is 1. The predicted octanol–water partition coefficient (Wildman–Crippen LogP) is 4.42. The molecule has 3 rings (SSSR count). The Kier molecular flexibility index (Phi) is 6.51. The van der Waals surface area contributed by atoms with Crippen LogP contribution in [-0.2, 0) is 4.79 Å². The van der Waals surface area contributed by atoms with Gasteiger partial charge in [0, 0.05) is 12.7 Å². The van der Waals surface area contributed by atoms with Crippen LogP contribution < -0.4 is 5.32 Å². The number of amides is 2. The molecule has 6 nitrogen and oxygen atoms in total. The molecule has 0 radical (unpaired) electrons. The lowest BCUT2D eigenvalue weighted by atomic mass is 10.3. The third-order valence-electron chi connectivity index (χ3n) is 4.14. The van der Waals surface area contributed by atoms with Gasteiger partial charge in [0.05, 0.1) is 15.7 Å². The Labute approximate surface area is 176 Å². The van der Waals surface area contributed by atoms with Gasteiger partial charge in [-0.15, -0.1) is 0 Å². The second-order valence-electron chi connectivity index (χ2n) is 6.06. The molecule has 0 saturated heterocycles. The first-order valence-corrected chi connectivity index (χ1v) is 9.50. The van der Waals surface area contributed by atoms with E-state index in [0.29, 0.717) is 10.0 Å². The molecule has 0 fully saturated rings. The summed E-state index contributed by atoms with van der Waals surface area (Å²) >= 11 is 12.1. The Hall–Kier alpha value is -2.90. The maximum atomic E-state index is 13.9.